The number of pyridine rings is 1. The highest BCUT2D eigenvalue weighted by molar-refractivity contribution is 7.89. The minimum absolute atomic E-state index is 0.216. The number of hydrogen-bond acceptors (Lipinski definition) is 4. The average molecular weight is 299 g/mol. The first kappa shape index (κ1) is 17.1. The third kappa shape index (κ3) is 8.24. The molecule has 5 nitrogen and oxygen atoms in total. The Hall–Kier alpha value is -0.980. The number of hydrogen-bond donors (Lipinski definition) is 2. The predicted molar refractivity (Wildman–Crippen MR) is 81.8 cm³/mol. The van der Waals surface area contributed by atoms with Gasteiger partial charge in [0.1, 0.15) is 0 Å². The molecule has 1 rings (SSSR count). The lowest BCUT2D eigenvalue weighted by atomic mass is 10.2. The summed E-state index contributed by atoms with van der Waals surface area (Å²) in [6.07, 6.45) is 5.05. The van der Waals surface area contributed by atoms with E-state index in [0.717, 1.165) is 25.1 Å². The Labute approximate surface area is 122 Å². The molecule has 1 aromatic rings. The molecule has 20 heavy (non-hydrogen) atoms. The van der Waals surface area contributed by atoms with Gasteiger partial charge in [-0.3, -0.25) is 4.98 Å². The molecular formula is C14H25N3O2S. The van der Waals surface area contributed by atoms with Crippen LogP contribution in [0.1, 0.15) is 32.3 Å². The Morgan fingerprint density at radius 3 is 2.75 bits per heavy atom. The van der Waals surface area contributed by atoms with Crippen LogP contribution in [0.5, 0.6) is 0 Å². The van der Waals surface area contributed by atoms with Crippen LogP contribution in [-0.2, 0) is 16.6 Å². The van der Waals surface area contributed by atoms with E-state index in [1.54, 1.807) is 6.20 Å². The van der Waals surface area contributed by atoms with Gasteiger partial charge in [-0.1, -0.05) is 19.9 Å². The molecule has 0 bridgehead atoms. The molecular weight excluding hydrogens is 274 g/mol. The van der Waals surface area contributed by atoms with Gasteiger partial charge in [0.15, 0.2) is 0 Å². The molecule has 0 aliphatic rings. The quantitative estimate of drug-likeness (QED) is 0.643. The van der Waals surface area contributed by atoms with Crippen molar-refractivity contribution in [1.82, 2.24) is 15.0 Å². The lowest BCUT2D eigenvalue weighted by Gasteiger charge is -2.08. The summed E-state index contributed by atoms with van der Waals surface area (Å²) < 4.78 is 25.9. The van der Waals surface area contributed by atoms with Crippen molar-refractivity contribution in [2.45, 2.75) is 33.2 Å². The number of nitrogens with zero attached hydrogens (tertiary/aromatic N) is 1. The van der Waals surface area contributed by atoms with Crippen molar-refractivity contribution in [3.63, 3.8) is 0 Å². The molecule has 0 unspecified atom stereocenters. The summed E-state index contributed by atoms with van der Waals surface area (Å²) in [4.78, 5) is 4.03. The molecule has 114 valence electrons. The Morgan fingerprint density at radius 2 is 2.10 bits per heavy atom. The fraction of sp³-hybridized carbons (Fsp3) is 0.643. The van der Waals surface area contributed by atoms with Gasteiger partial charge in [-0.05, 0) is 36.9 Å². The molecule has 6 heteroatoms. The van der Waals surface area contributed by atoms with Crippen LogP contribution in [0.3, 0.4) is 0 Å². The van der Waals surface area contributed by atoms with Crippen LogP contribution in [-0.4, -0.2) is 32.2 Å². The SMILES string of the molecule is CC(C)CCS(=O)(=O)NCCCNCc1cccnc1. The lowest BCUT2D eigenvalue weighted by molar-refractivity contribution is 0.556. The van der Waals surface area contributed by atoms with E-state index in [0.29, 0.717) is 18.9 Å². The van der Waals surface area contributed by atoms with Crippen molar-refractivity contribution in [3.8, 4) is 0 Å². The van der Waals surface area contributed by atoms with Crippen molar-refractivity contribution >= 4 is 10.0 Å². The third-order valence-electron chi connectivity index (χ3n) is 2.87. The maximum absolute atomic E-state index is 11.6. The maximum Gasteiger partial charge on any atom is 0.211 e. The molecule has 0 saturated carbocycles. The van der Waals surface area contributed by atoms with Gasteiger partial charge in [0.2, 0.25) is 10.0 Å². The average Bonchev–Trinajstić information content (AvgIpc) is 2.42. The van der Waals surface area contributed by atoms with Crippen LogP contribution in [0.25, 0.3) is 0 Å². The number of aromatic nitrogens is 1. The molecule has 0 spiro atoms. The number of nitrogens with one attached hydrogen (secondary N) is 2. The summed E-state index contributed by atoms with van der Waals surface area (Å²) in [5.41, 5.74) is 1.13. The highest BCUT2D eigenvalue weighted by Crippen LogP contribution is 2.01. The number of rotatable bonds is 10. The molecule has 0 fully saturated rings. The van der Waals surface area contributed by atoms with Crippen LogP contribution in [0.15, 0.2) is 24.5 Å². The van der Waals surface area contributed by atoms with Crippen LogP contribution < -0.4 is 10.0 Å². The fourth-order valence-electron chi connectivity index (χ4n) is 1.64. The summed E-state index contributed by atoms with van der Waals surface area (Å²) in [6, 6.07) is 3.91. The summed E-state index contributed by atoms with van der Waals surface area (Å²) in [5, 5.41) is 3.26. The maximum atomic E-state index is 11.6. The zero-order chi connectivity index (χ0) is 14.8. The van der Waals surface area contributed by atoms with Crippen molar-refractivity contribution in [2.75, 3.05) is 18.8 Å². The molecule has 0 aliphatic carbocycles. The van der Waals surface area contributed by atoms with E-state index in [-0.39, 0.29) is 5.75 Å². The fourth-order valence-corrected chi connectivity index (χ4v) is 3.02. The van der Waals surface area contributed by atoms with Gasteiger partial charge in [0.05, 0.1) is 5.75 Å². The summed E-state index contributed by atoms with van der Waals surface area (Å²) >= 11 is 0. The van der Waals surface area contributed by atoms with Gasteiger partial charge < -0.3 is 5.32 Å². The monoisotopic (exact) mass is 299 g/mol. The Morgan fingerprint density at radius 1 is 1.30 bits per heavy atom. The normalized spacial score (nSPS) is 11.9. The van der Waals surface area contributed by atoms with E-state index in [2.05, 4.69) is 15.0 Å². The smallest absolute Gasteiger partial charge is 0.211 e. The molecule has 0 atom stereocenters. The highest BCUT2D eigenvalue weighted by Gasteiger charge is 2.09. The van der Waals surface area contributed by atoms with E-state index in [4.69, 9.17) is 0 Å². The molecule has 0 aromatic carbocycles. The third-order valence-corrected chi connectivity index (χ3v) is 4.29. The van der Waals surface area contributed by atoms with E-state index in [1.165, 1.54) is 0 Å². The second kappa shape index (κ2) is 9.05. The second-order valence-electron chi connectivity index (χ2n) is 5.29. The van der Waals surface area contributed by atoms with E-state index in [9.17, 15) is 8.42 Å². The molecule has 2 N–H and O–H groups in total. The van der Waals surface area contributed by atoms with Crippen molar-refractivity contribution < 1.29 is 8.42 Å². The Balaban J connectivity index is 2.07. The highest BCUT2D eigenvalue weighted by atomic mass is 32.2. The van der Waals surface area contributed by atoms with Crippen LogP contribution in [0.2, 0.25) is 0 Å². The molecule has 1 aromatic heterocycles. The van der Waals surface area contributed by atoms with Gasteiger partial charge in [-0.15, -0.1) is 0 Å². The van der Waals surface area contributed by atoms with Crippen molar-refractivity contribution in [3.05, 3.63) is 30.1 Å². The van der Waals surface area contributed by atoms with E-state index in [1.807, 2.05) is 32.2 Å². The zero-order valence-electron chi connectivity index (χ0n) is 12.3. The molecule has 0 aliphatic heterocycles. The van der Waals surface area contributed by atoms with Gasteiger partial charge in [-0.25, -0.2) is 13.1 Å². The molecule has 0 saturated heterocycles. The van der Waals surface area contributed by atoms with E-state index < -0.39 is 10.0 Å². The van der Waals surface area contributed by atoms with E-state index >= 15 is 0 Å². The Kier molecular flexibility index (Phi) is 7.72. The standard InChI is InChI=1S/C14H25N3O2S/c1-13(2)6-10-20(18,19)17-9-4-8-16-12-14-5-3-7-15-11-14/h3,5,7,11,13,16-17H,4,6,8-10,12H2,1-2H3. The second-order valence-corrected chi connectivity index (χ2v) is 7.21. The van der Waals surface area contributed by atoms with Crippen molar-refractivity contribution in [1.29, 1.82) is 0 Å². The van der Waals surface area contributed by atoms with Crippen LogP contribution >= 0.6 is 0 Å². The molecule has 1 heterocycles. The summed E-state index contributed by atoms with van der Waals surface area (Å²) in [6.45, 7) is 6.08. The first-order valence-corrected chi connectivity index (χ1v) is 8.72. The summed E-state index contributed by atoms with van der Waals surface area (Å²) in [7, 11) is -3.10. The zero-order valence-corrected chi connectivity index (χ0v) is 13.1. The minimum atomic E-state index is -3.10. The summed E-state index contributed by atoms with van der Waals surface area (Å²) in [5.74, 6) is 0.626. The van der Waals surface area contributed by atoms with Crippen LogP contribution in [0.4, 0.5) is 0 Å². The van der Waals surface area contributed by atoms with Gasteiger partial charge >= 0.3 is 0 Å². The van der Waals surface area contributed by atoms with Gasteiger partial charge in [0, 0.05) is 25.5 Å². The molecule has 0 radical (unpaired) electrons. The molecule has 0 amide bonds. The largest absolute Gasteiger partial charge is 0.313 e. The van der Waals surface area contributed by atoms with Crippen molar-refractivity contribution in [2.24, 2.45) is 5.92 Å². The topological polar surface area (TPSA) is 71.1 Å². The first-order chi connectivity index (χ1) is 9.49. The first-order valence-electron chi connectivity index (χ1n) is 7.06. The van der Waals surface area contributed by atoms with Gasteiger partial charge in [-0.2, -0.15) is 0 Å². The Bertz CT molecular complexity index is 461. The predicted octanol–water partition coefficient (Wildman–Crippen LogP) is 1.53. The minimum Gasteiger partial charge on any atom is -0.313 e. The number of sulfonamides is 1. The van der Waals surface area contributed by atoms with Gasteiger partial charge in [0.25, 0.3) is 0 Å². The lowest BCUT2D eigenvalue weighted by Crippen LogP contribution is -2.29. The van der Waals surface area contributed by atoms with Crippen LogP contribution in [0, 0.1) is 5.92 Å².